The highest BCUT2D eigenvalue weighted by molar-refractivity contribution is 5.86. The smallest absolute Gasteiger partial charge is 0.164 e. The van der Waals surface area contributed by atoms with Crippen molar-refractivity contribution in [2.75, 3.05) is 0 Å². The van der Waals surface area contributed by atoms with Crippen molar-refractivity contribution < 1.29 is 9.47 Å². The van der Waals surface area contributed by atoms with E-state index >= 15 is 0 Å². The first kappa shape index (κ1) is 20.8. The van der Waals surface area contributed by atoms with Crippen molar-refractivity contribution in [1.82, 2.24) is 19.9 Å². The predicted octanol–water partition coefficient (Wildman–Crippen LogP) is 6.06. The summed E-state index contributed by atoms with van der Waals surface area (Å²) in [5, 5.41) is 10.3. The Labute approximate surface area is 196 Å². The fourth-order valence-electron chi connectivity index (χ4n) is 3.44. The second-order valence-corrected chi connectivity index (χ2v) is 7.08. The van der Waals surface area contributed by atoms with Crippen LogP contribution < -0.4 is 9.47 Å². The van der Waals surface area contributed by atoms with Crippen LogP contribution in [-0.2, 0) is 0 Å². The minimum absolute atomic E-state index is 0.247. The fraction of sp³-hybridized carbons (Fsp3) is 0. The molecule has 7 heteroatoms. The maximum atomic E-state index is 10.3. The van der Waals surface area contributed by atoms with Gasteiger partial charge in [-0.1, -0.05) is 36.4 Å². The Morgan fingerprint density at radius 3 is 1.35 bits per heavy atom. The van der Waals surface area contributed by atoms with Crippen molar-refractivity contribution in [2.24, 2.45) is 0 Å². The Morgan fingerprint density at radius 2 is 0.971 bits per heavy atom. The van der Waals surface area contributed by atoms with Crippen molar-refractivity contribution in [3.05, 3.63) is 109 Å². The van der Waals surface area contributed by atoms with Gasteiger partial charge in [0.25, 0.3) is 0 Å². The summed E-state index contributed by atoms with van der Waals surface area (Å²) in [5.41, 5.74) is 1.10. The molecule has 0 saturated heterocycles. The summed E-state index contributed by atoms with van der Waals surface area (Å²) >= 11 is 0. The number of rotatable bonds is 6. The SMILES string of the molecule is N#Cc1c(-c2ncccn2)c(Oc2ccccc2)cc(Oc2ccccc2)c1-c1ncccn1. The molecule has 0 spiro atoms. The van der Waals surface area contributed by atoms with E-state index in [0.717, 1.165) is 0 Å². The Morgan fingerprint density at radius 1 is 0.559 bits per heavy atom. The average Bonchev–Trinajstić information content (AvgIpc) is 2.90. The minimum atomic E-state index is 0.247. The first-order chi connectivity index (χ1) is 16.8. The molecule has 0 N–H and O–H groups in total. The first-order valence-corrected chi connectivity index (χ1v) is 10.4. The lowest BCUT2D eigenvalue weighted by Gasteiger charge is -2.18. The molecule has 0 atom stereocenters. The van der Waals surface area contributed by atoms with E-state index in [4.69, 9.17) is 9.47 Å². The van der Waals surface area contributed by atoms with Crippen molar-refractivity contribution in [1.29, 1.82) is 5.26 Å². The molecule has 0 fully saturated rings. The van der Waals surface area contributed by atoms with Crippen LogP contribution >= 0.6 is 0 Å². The van der Waals surface area contributed by atoms with E-state index in [1.54, 1.807) is 43.0 Å². The molecule has 34 heavy (non-hydrogen) atoms. The van der Waals surface area contributed by atoms with Crippen molar-refractivity contribution >= 4 is 0 Å². The summed E-state index contributed by atoms with van der Waals surface area (Å²) in [6, 6.07) is 26.0. The topological polar surface area (TPSA) is 93.8 Å². The molecule has 2 heterocycles. The molecule has 7 nitrogen and oxygen atoms in total. The monoisotopic (exact) mass is 443 g/mol. The second kappa shape index (κ2) is 9.59. The van der Waals surface area contributed by atoms with E-state index in [2.05, 4.69) is 26.0 Å². The molecule has 5 aromatic rings. The molecule has 0 aliphatic heterocycles. The number of hydrogen-bond donors (Lipinski definition) is 0. The zero-order chi connectivity index (χ0) is 23.2. The molecule has 162 valence electrons. The van der Waals surface area contributed by atoms with Crippen LogP contribution in [0.4, 0.5) is 0 Å². The normalized spacial score (nSPS) is 10.3. The third kappa shape index (κ3) is 4.29. The van der Waals surface area contributed by atoms with Crippen LogP contribution in [0.2, 0.25) is 0 Å². The van der Waals surface area contributed by atoms with Gasteiger partial charge in [-0.05, 0) is 36.4 Å². The number of aromatic nitrogens is 4. The second-order valence-electron chi connectivity index (χ2n) is 7.08. The fourth-order valence-corrected chi connectivity index (χ4v) is 3.44. The largest absolute Gasteiger partial charge is 0.456 e. The van der Waals surface area contributed by atoms with Crippen LogP contribution in [0.15, 0.2) is 104 Å². The maximum absolute atomic E-state index is 10.3. The molecular formula is C27H17N5O2. The lowest BCUT2D eigenvalue weighted by Crippen LogP contribution is -2.02. The molecule has 5 rings (SSSR count). The van der Waals surface area contributed by atoms with Gasteiger partial charge >= 0.3 is 0 Å². The Kier molecular flexibility index (Phi) is 5.86. The Balaban J connectivity index is 1.80. The van der Waals surface area contributed by atoms with Gasteiger partial charge in [-0.25, -0.2) is 19.9 Å². The summed E-state index contributed by atoms with van der Waals surface area (Å²) in [4.78, 5) is 17.5. The highest BCUT2D eigenvalue weighted by Crippen LogP contribution is 2.45. The van der Waals surface area contributed by atoms with Crippen LogP contribution in [0.1, 0.15) is 5.56 Å². The molecule has 0 amide bonds. The van der Waals surface area contributed by atoms with Gasteiger partial charge in [0.2, 0.25) is 0 Å². The van der Waals surface area contributed by atoms with Crippen molar-refractivity contribution in [3.8, 4) is 51.8 Å². The van der Waals surface area contributed by atoms with E-state index in [9.17, 15) is 5.26 Å². The molecule has 0 radical (unpaired) electrons. The van der Waals surface area contributed by atoms with Gasteiger partial charge in [0.15, 0.2) is 11.6 Å². The van der Waals surface area contributed by atoms with E-state index in [0.29, 0.717) is 45.8 Å². The Bertz CT molecular complexity index is 1340. The molecule has 0 unspecified atom stereocenters. The van der Waals surface area contributed by atoms with Gasteiger partial charge in [0.05, 0.1) is 16.7 Å². The van der Waals surface area contributed by atoms with Crippen LogP contribution in [0.3, 0.4) is 0 Å². The lowest BCUT2D eigenvalue weighted by molar-refractivity contribution is 0.462. The molecule has 0 aliphatic rings. The van der Waals surface area contributed by atoms with Crippen LogP contribution in [0, 0.1) is 11.3 Å². The zero-order valence-electron chi connectivity index (χ0n) is 17.9. The van der Waals surface area contributed by atoms with Crippen molar-refractivity contribution in [2.45, 2.75) is 0 Å². The van der Waals surface area contributed by atoms with E-state index in [-0.39, 0.29) is 5.56 Å². The highest BCUT2D eigenvalue weighted by Gasteiger charge is 2.26. The molecule has 0 aliphatic carbocycles. The van der Waals surface area contributed by atoms with E-state index < -0.39 is 0 Å². The van der Waals surface area contributed by atoms with Crippen molar-refractivity contribution in [3.63, 3.8) is 0 Å². The quantitative estimate of drug-likeness (QED) is 0.315. The first-order valence-electron chi connectivity index (χ1n) is 10.4. The average molecular weight is 443 g/mol. The number of nitriles is 1. The predicted molar refractivity (Wildman–Crippen MR) is 126 cm³/mol. The van der Waals surface area contributed by atoms with Gasteiger partial charge in [-0.15, -0.1) is 0 Å². The summed E-state index contributed by atoms with van der Waals surface area (Å²) in [6.07, 6.45) is 6.46. The number of hydrogen-bond acceptors (Lipinski definition) is 7. The molecule has 0 saturated carbocycles. The van der Waals surface area contributed by atoms with Crippen LogP contribution in [-0.4, -0.2) is 19.9 Å². The summed E-state index contributed by atoms with van der Waals surface area (Å²) in [7, 11) is 0. The number of ether oxygens (including phenoxy) is 2. The van der Waals surface area contributed by atoms with Gasteiger partial charge in [-0.2, -0.15) is 5.26 Å². The Hall–Kier alpha value is -5.09. The van der Waals surface area contributed by atoms with Crippen LogP contribution in [0.5, 0.6) is 23.0 Å². The highest BCUT2D eigenvalue weighted by atomic mass is 16.5. The van der Waals surface area contributed by atoms with E-state index in [1.807, 2.05) is 60.7 Å². The standard InChI is InChI=1S/C27H17N5O2/c28-18-21-24(26-29-13-7-14-30-26)22(33-19-9-3-1-4-10-19)17-23(34-20-11-5-2-6-12-20)25(21)27-31-15-8-16-32-27/h1-17H. The van der Waals surface area contributed by atoms with E-state index in [1.165, 1.54) is 0 Å². The maximum Gasteiger partial charge on any atom is 0.164 e. The van der Waals surface area contributed by atoms with Gasteiger partial charge < -0.3 is 9.47 Å². The molecular weight excluding hydrogens is 426 g/mol. The molecule has 2 aromatic heterocycles. The summed E-state index contributed by atoms with van der Waals surface area (Å²) in [6.45, 7) is 0. The van der Waals surface area contributed by atoms with Gasteiger partial charge in [-0.3, -0.25) is 0 Å². The van der Waals surface area contributed by atoms with Gasteiger partial charge in [0.1, 0.15) is 29.1 Å². The number of benzene rings is 3. The molecule has 3 aromatic carbocycles. The number of para-hydroxylation sites is 2. The zero-order valence-corrected chi connectivity index (χ0v) is 17.9. The van der Waals surface area contributed by atoms with Crippen LogP contribution in [0.25, 0.3) is 22.8 Å². The third-order valence-corrected chi connectivity index (χ3v) is 4.89. The van der Waals surface area contributed by atoms with Gasteiger partial charge in [0, 0.05) is 30.9 Å². The number of nitrogens with zero attached hydrogens (tertiary/aromatic N) is 5. The lowest BCUT2D eigenvalue weighted by atomic mass is 9.98. The molecule has 0 bridgehead atoms. The third-order valence-electron chi connectivity index (χ3n) is 4.89. The minimum Gasteiger partial charge on any atom is -0.456 e. The summed E-state index contributed by atoms with van der Waals surface area (Å²) < 4.78 is 12.4. The summed E-state index contributed by atoms with van der Waals surface area (Å²) in [5.74, 6) is 2.62.